The number of hydrogen-bond acceptors (Lipinski definition) is 2. The van der Waals surface area contributed by atoms with Crippen molar-refractivity contribution < 1.29 is 0 Å². The number of nitrogens with one attached hydrogen (secondary N) is 1. The van der Waals surface area contributed by atoms with Crippen molar-refractivity contribution in [3.63, 3.8) is 0 Å². The second-order valence-electron chi connectivity index (χ2n) is 4.10. The van der Waals surface area contributed by atoms with Crippen molar-refractivity contribution in [1.29, 1.82) is 0 Å². The predicted molar refractivity (Wildman–Crippen MR) is 60.4 cm³/mol. The van der Waals surface area contributed by atoms with Gasteiger partial charge in [-0.05, 0) is 49.4 Å². The molecular formula is C12H18N2. The monoisotopic (exact) mass is 190 g/mol. The van der Waals surface area contributed by atoms with Crippen molar-refractivity contribution in [2.45, 2.75) is 25.7 Å². The van der Waals surface area contributed by atoms with Gasteiger partial charge >= 0.3 is 0 Å². The van der Waals surface area contributed by atoms with Gasteiger partial charge in [0.15, 0.2) is 0 Å². The van der Waals surface area contributed by atoms with Crippen molar-refractivity contribution >= 4 is 5.69 Å². The zero-order valence-electron chi connectivity index (χ0n) is 8.72. The molecule has 1 aliphatic heterocycles. The van der Waals surface area contributed by atoms with Gasteiger partial charge in [0.1, 0.15) is 0 Å². The summed E-state index contributed by atoms with van der Waals surface area (Å²) in [5.74, 6) is 0.659. The van der Waals surface area contributed by atoms with Crippen LogP contribution in [0.25, 0.3) is 0 Å². The molecule has 2 heteroatoms. The maximum atomic E-state index is 5.91. The molecule has 0 amide bonds. The summed E-state index contributed by atoms with van der Waals surface area (Å²) >= 11 is 0. The largest absolute Gasteiger partial charge is 0.399 e. The molecule has 1 aromatic carbocycles. The van der Waals surface area contributed by atoms with Gasteiger partial charge in [0.25, 0.3) is 0 Å². The molecule has 0 aromatic heterocycles. The van der Waals surface area contributed by atoms with Gasteiger partial charge < -0.3 is 11.1 Å². The molecular weight excluding hydrogens is 172 g/mol. The average molecular weight is 190 g/mol. The number of benzene rings is 1. The van der Waals surface area contributed by atoms with Crippen LogP contribution in [0.5, 0.6) is 0 Å². The first-order valence-electron chi connectivity index (χ1n) is 5.34. The molecule has 1 aromatic rings. The first-order chi connectivity index (χ1) is 6.79. The maximum absolute atomic E-state index is 5.91. The lowest BCUT2D eigenvalue weighted by molar-refractivity contribution is 0.460. The third-order valence-electron chi connectivity index (χ3n) is 3.15. The van der Waals surface area contributed by atoms with E-state index in [2.05, 4.69) is 24.4 Å². The lowest BCUT2D eigenvalue weighted by Gasteiger charge is -2.25. The number of piperidine rings is 1. The van der Waals surface area contributed by atoms with E-state index in [9.17, 15) is 0 Å². The Morgan fingerprint density at radius 3 is 3.00 bits per heavy atom. The van der Waals surface area contributed by atoms with Crippen molar-refractivity contribution in [1.82, 2.24) is 5.32 Å². The molecule has 2 nitrogen and oxygen atoms in total. The molecule has 76 valence electrons. The van der Waals surface area contributed by atoms with E-state index in [0.29, 0.717) is 5.92 Å². The van der Waals surface area contributed by atoms with E-state index in [1.165, 1.54) is 24.0 Å². The lowest BCUT2D eigenvalue weighted by atomic mass is 9.88. The second kappa shape index (κ2) is 4.01. The van der Waals surface area contributed by atoms with E-state index >= 15 is 0 Å². The highest BCUT2D eigenvalue weighted by Gasteiger charge is 2.17. The average Bonchev–Trinajstić information content (AvgIpc) is 2.23. The van der Waals surface area contributed by atoms with Gasteiger partial charge in [0.2, 0.25) is 0 Å². The molecule has 2 rings (SSSR count). The molecule has 0 spiro atoms. The van der Waals surface area contributed by atoms with Crippen LogP contribution in [0.15, 0.2) is 18.2 Å². The lowest BCUT2D eigenvalue weighted by Crippen LogP contribution is -2.28. The van der Waals surface area contributed by atoms with Gasteiger partial charge in [-0.25, -0.2) is 0 Å². The first kappa shape index (κ1) is 9.53. The highest BCUT2D eigenvalue weighted by atomic mass is 14.9. The molecule has 14 heavy (non-hydrogen) atoms. The van der Waals surface area contributed by atoms with Crippen LogP contribution in [0.4, 0.5) is 5.69 Å². The van der Waals surface area contributed by atoms with Gasteiger partial charge in [-0.15, -0.1) is 0 Å². The zero-order valence-corrected chi connectivity index (χ0v) is 8.72. The standard InChI is InChI=1S/C12H18N2/c1-9-11(5-2-6-12(9)13)10-4-3-7-14-8-10/h2,5-6,10,14H,3-4,7-8,13H2,1H3/t10-/m1/s1. The number of nitrogen functional groups attached to an aromatic ring is 1. The highest BCUT2D eigenvalue weighted by molar-refractivity contribution is 5.51. The van der Waals surface area contributed by atoms with Crippen molar-refractivity contribution in [2.24, 2.45) is 0 Å². The van der Waals surface area contributed by atoms with E-state index in [-0.39, 0.29) is 0 Å². The normalized spacial score (nSPS) is 22.2. The summed E-state index contributed by atoms with van der Waals surface area (Å²) in [5.41, 5.74) is 9.52. The van der Waals surface area contributed by atoms with Crippen molar-refractivity contribution in [3.05, 3.63) is 29.3 Å². The number of nitrogens with two attached hydrogens (primary N) is 1. The molecule has 0 radical (unpaired) electrons. The van der Waals surface area contributed by atoms with Crippen molar-refractivity contribution in [2.75, 3.05) is 18.8 Å². The summed E-state index contributed by atoms with van der Waals surface area (Å²) in [4.78, 5) is 0. The fourth-order valence-corrected chi connectivity index (χ4v) is 2.23. The summed E-state index contributed by atoms with van der Waals surface area (Å²) in [6.07, 6.45) is 2.57. The van der Waals surface area contributed by atoms with E-state index in [4.69, 9.17) is 5.73 Å². The van der Waals surface area contributed by atoms with Crippen LogP contribution in [0.2, 0.25) is 0 Å². The summed E-state index contributed by atoms with van der Waals surface area (Å²) in [6, 6.07) is 6.25. The second-order valence-corrected chi connectivity index (χ2v) is 4.10. The molecule has 1 heterocycles. The number of anilines is 1. The summed E-state index contributed by atoms with van der Waals surface area (Å²) in [5, 5.41) is 3.44. The predicted octanol–water partition coefficient (Wildman–Crippen LogP) is 2.04. The van der Waals surface area contributed by atoms with Crippen LogP contribution in [0, 0.1) is 6.92 Å². The molecule has 0 aliphatic carbocycles. The Morgan fingerprint density at radius 2 is 2.29 bits per heavy atom. The highest BCUT2D eigenvalue weighted by Crippen LogP contribution is 2.28. The molecule has 0 bridgehead atoms. The summed E-state index contributed by atoms with van der Waals surface area (Å²) in [7, 11) is 0. The fraction of sp³-hybridized carbons (Fsp3) is 0.500. The first-order valence-corrected chi connectivity index (χ1v) is 5.34. The summed E-state index contributed by atoms with van der Waals surface area (Å²) in [6.45, 7) is 4.39. The maximum Gasteiger partial charge on any atom is 0.0346 e. The van der Waals surface area contributed by atoms with E-state index in [0.717, 1.165) is 18.8 Å². The van der Waals surface area contributed by atoms with E-state index in [1.54, 1.807) is 0 Å². The van der Waals surface area contributed by atoms with Gasteiger partial charge in [0, 0.05) is 12.2 Å². The van der Waals surface area contributed by atoms with Gasteiger partial charge in [0.05, 0.1) is 0 Å². The van der Waals surface area contributed by atoms with Crippen molar-refractivity contribution in [3.8, 4) is 0 Å². The van der Waals surface area contributed by atoms with E-state index < -0.39 is 0 Å². The Morgan fingerprint density at radius 1 is 1.43 bits per heavy atom. The minimum absolute atomic E-state index is 0.659. The Bertz CT molecular complexity index is 314. The molecule has 1 atom stereocenters. The Kier molecular flexibility index (Phi) is 2.73. The Hall–Kier alpha value is -1.02. The molecule has 1 saturated heterocycles. The number of rotatable bonds is 1. The molecule has 1 aliphatic rings. The molecule has 3 N–H and O–H groups in total. The topological polar surface area (TPSA) is 38.0 Å². The number of hydrogen-bond donors (Lipinski definition) is 2. The quantitative estimate of drug-likeness (QED) is 0.665. The van der Waals surface area contributed by atoms with Crippen LogP contribution in [-0.4, -0.2) is 13.1 Å². The van der Waals surface area contributed by atoms with Crippen LogP contribution < -0.4 is 11.1 Å². The molecule has 0 saturated carbocycles. The smallest absolute Gasteiger partial charge is 0.0346 e. The minimum atomic E-state index is 0.659. The summed E-state index contributed by atoms with van der Waals surface area (Å²) < 4.78 is 0. The minimum Gasteiger partial charge on any atom is -0.399 e. The SMILES string of the molecule is Cc1c(N)cccc1[C@@H]1CCCNC1. The van der Waals surface area contributed by atoms with Gasteiger partial charge in [-0.3, -0.25) is 0 Å². The molecule has 0 unspecified atom stereocenters. The zero-order chi connectivity index (χ0) is 9.97. The van der Waals surface area contributed by atoms with Gasteiger partial charge in [-0.2, -0.15) is 0 Å². The third-order valence-corrected chi connectivity index (χ3v) is 3.15. The fourth-order valence-electron chi connectivity index (χ4n) is 2.23. The Labute approximate surface area is 85.5 Å². The Balaban J connectivity index is 2.26. The molecule has 1 fully saturated rings. The van der Waals surface area contributed by atoms with Crippen LogP contribution in [0.1, 0.15) is 29.9 Å². The van der Waals surface area contributed by atoms with E-state index in [1.807, 2.05) is 6.07 Å². The van der Waals surface area contributed by atoms with Crippen LogP contribution in [-0.2, 0) is 0 Å². The van der Waals surface area contributed by atoms with Crippen LogP contribution >= 0.6 is 0 Å². The van der Waals surface area contributed by atoms with Crippen LogP contribution in [0.3, 0.4) is 0 Å². The third kappa shape index (κ3) is 1.75. The van der Waals surface area contributed by atoms with Gasteiger partial charge in [-0.1, -0.05) is 12.1 Å².